The number of rotatable bonds is 3. The molecule has 3 nitrogen and oxygen atoms in total. The first-order chi connectivity index (χ1) is 14.4. The van der Waals surface area contributed by atoms with Gasteiger partial charge in [0.15, 0.2) is 0 Å². The molecule has 0 saturated heterocycles. The first kappa shape index (κ1) is 19.7. The minimum absolute atomic E-state index is 0.0859. The Morgan fingerprint density at radius 3 is 2.23 bits per heavy atom. The number of aliphatic hydroxyl groups is 1. The molecule has 0 aliphatic rings. The molecule has 0 amide bonds. The number of halogens is 3. The molecule has 148 valence electrons. The van der Waals surface area contributed by atoms with Gasteiger partial charge in [-0.3, -0.25) is 0 Å². The van der Waals surface area contributed by atoms with Gasteiger partial charge in [0.1, 0.15) is 22.4 Å². The average Bonchev–Trinajstić information content (AvgIpc) is 3.17. The highest BCUT2D eigenvalue weighted by molar-refractivity contribution is 7.19. The lowest BCUT2D eigenvalue weighted by Gasteiger charge is -2.05. The lowest BCUT2D eigenvalue weighted by atomic mass is 10.0. The molecule has 30 heavy (non-hydrogen) atoms. The van der Waals surface area contributed by atoms with Crippen LogP contribution in [0.3, 0.4) is 0 Å². The maximum absolute atomic E-state index is 12.9. The highest BCUT2D eigenvalue weighted by Gasteiger charge is 2.31. The van der Waals surface area contributed by atoms with Crippen molar-refractivity contribution in [3.05, 3.63) is 88.9 Å². The van der Waals surface area contributed by atoms with Crippen LogP contribution >= 0.6 is 11.3 Å². The van der Waals surface area contributed by atoms with Gasteiger partial charge in [-0.25, -0.2) is 4.98 Å². The fraction of sp³-hybridized carbons (Fsp3) is 0.0435. The van der Waals surface area contributed by atoms with Crippen LogP contribution in [0, 0.1) is 11.3 Å². The SMILES string of the molecule is N#C/C(=C(/O)c1ccc(-c2ccccc2)cc1)c1nc2cc(C(F)(F)F)ccc2s1. The van der Waals surface area contributed by atoms with E-state index in [0.29, 0.717) is 10.3 Å². The van der Waals surface area contributed by atoms with Crippen molar-refractivity contribution in [2.45, 2.75) is 6.18 Å². The van der Waals surface area contributed by atoms with Crippen LogP contribution in [0.15, 0.2) is 72.8 Å². The van der Waals surface area contributed by atoms with E-state index in [1.165, 1.54) is 6.07 Å². The first-order valence-electron chi connectivity index (χ1n) is 8.84. The van der Waals surface area contributed by atoms with Crippen molar-refractivity contribution in [2.24, 2.45) is 0 Å². The monoisotopic (exact) mass is 422 g/mol. The predicted octanol–water partition coefficient (Wildman–Crippen LogP) is 6.93. The molecule has 0 atom stereocenters. The molecule has 0 aliphatic carbocycles. The summed E-state index contributed by atoms with van der Waals surface area (Å²) in [4.78, 5) is 4.15. The molecule has 1 aromatic heterocycles. The summed E-state index contributed by atoms with van der Waals surface area (Å²) in [5.74, 6) is -0.271. The van der Waals surface area contributed by atoms with Crippen molar-refractivity contribution in [1.82, 2.24) is 4.98 Å². The van der Waals surface area contributed by atoms with Crippen LogP contribution in [-0.4, -0.2) is 10.1 Å². The second-order valence-corrected chi connectivity index (χ2v) is 7.51. The Morgan fingerprint density at radius 2 is 1.60 bits per heavy atom. The van der Waals surface area contributed by atoms with Crippen LogP contribution in [0.5, 0.6) is 0 Å². The number of allylic oxidation sites excluding steroid dienone is 1. The van der Waals surface area contributed by atoms with Gasteiger partial charge in [-0.1, -0.05) is 54.6 Å². The number of aliphatic hydroxyl groups excluding tert-OH is 1. The van der Waals surface area contributed by atoms with Crippen LogP contribution in [-0.2, 0) is 6.18 Å². The second kappa shape index (κ2) is 7.65. The van der Waals surface area contributed by atoms with Gasteiger partial charge in [0.25, 0.3) is 0 Å². The van der Waals surface area contributed by atoms with E-state index in [2.05, 4.69) is 4.98 Å². The van der Waals surface area contributed by atoms with Crippen LogP contribution in [0.4, 0.5) is 13.2 Å². The number of hydrogen-bond acceptors (Lipinski definition) is 4. The molecule has 0 aliphatic heterocycles. The van der Waals surface area contributed by atoms with E-state index in [-0.39, 0.29) is 21.9 Å². The summed E-state index contributed by atoms with van der Waals surface area (Å²) in [6.45, 7) is 0. The van der Waals surface area contributed by atoms with Crippen molar-refractivity contribution >= 4 is 32.9 Å². The Balaban J connectivity index is 1.72. The van der Waals surface area contributed by atoms with E-state index in [1.54, 1.807) is 12.1 Å². The summed E-state index contributed by atoms with van der Waals surface area (Å²) in [6.07, 6.45) is -4.48. The van der Waals surface area contributed by atoms with Gasteiger partial charge < -0.3 is 5.11 Å². The summed E-state index contributed by atoms with van der Waals surface area (Å²) >= 11 is 1.05. The van der Waals surface area contributed by atoms with Crippen molar-refractivity contribution < 1.29 is 18.3 Å². The second-order valence-electron chi connectivity index (χ2n) is 6.48. The molecule has 4 rings (SSSR count). The third kappa shape index (κ3) is 3.78. The van der Waals surface area contributed by atoms with E-state index in [0.717, 1.165) is 34.6 Å². The van der Waals surface area contributed by atoms with Crippen LogP contribution in [0.2, 0.25) is 0 Å². The molecule has 7 heteroatoms. The normalized spacial score (nSPS) is 12.5. The number of aromatic nitrogens is 1. The maximum atomic E-state index is 12.9. The zero-order valence-electron chi connectivity index (χ0n) is 15.3. The fourth-order valence-electron chi connectivity index (χ4n) is 3.01. The molecule has 0 spiro atoms. The van der Waals surface area contributed by atoms with Gasteiger partial charge in [-0.05, 0) is 29.3 Å². The third-order valence-electron chi connectivity index (χ3n) is 4.54. The Labute approximate surface area is 174 Å². The Morgan fingerprint density at radius 1 is 0.933 bits per heavy atom. The van der Waals surface area contributed by atoms with E-state index in [9.17, 15) is 23.5 Å². The summed E-state index contributed by atoms with van der Waals surface area (Å²) in [6, 6.07) is 21.9. The summed E-state index contributed by atoms with van der Waals surface area (Å²) in [5.41, 5.74) is 1.61. The highest BCUT2D eigenvalue weighted by atomic mass is 32.1. The van der Waals surface area contributed by atoms with Gasteiger partial charge in [0.2, 0.25) is 0 Å². The summed E-state index contributed by atoms with van der Waals surface area (Å²) in [5, 5.41) is 20.4. The van der Waals surface area contributed by atoms with Gasteiger partial charge in [-0.2, -0.15) is 18.4 Å². The zero-order chi connectivity index (χ0) is 21.3. The van der Waals surface area contributed by atoms with Crippen molar-refractivity contribution in [2.75, 3.05) is 0 Å². The smallest absolute Gasteiger partial charge is 0.416 e. The minimum Gasteiger partial charge on any atom is -0.506 e. The first-order valence-corrected chi connectivity index (χ1v) is 9.66. The third-order valence-corrected chi connectivity index (χ3v) is 5.60. The van der Waals surface area contributed by atoms with Gasteiger partial charge >= 0.3 is 6.18 Å². The van der Waals surface area contributed by atoms with Crippen molar-refractivity contribution in [3.63, 3.8) is 0 Å². The van der Waals surface area contributed by atoms with Gasteiger partial charge in [0, 0.05) is 5.56 Å². The quantitative estimate of drug-likeness (QED) is 0.288. The number of nitriles is 1. The minimum atomic E-state index is -4.48. The molecule has 3 aromatic carbocycles. The van der Waals surface area contributed by atoms with E-state index < -0.39 is 11.7 Å². The molecule has 1 heterocycles. The van der Waals surface area contributed by atoms with Gasteiger partial charge in [-0.15, -0.1) is 11.3 Å². The highest BCUT2D eigenvalue weighted by Crippen LogP contribution is 2.35. The topological polar surface area (TPSA) is 56.9 Å². The number of benzene rings is 3. The molecule has 0 unspecified atom stereocenters. The van der Waals surface area contributed by atoms with Crippen molar-refractivity contribution in [1.29, 1.82) is 5.26 Å². The van der Waals surface area contributed by atoms with E-state index >= 15 is 0 Å². The number of alkyl halides is 3. The molecule has 4 aromatic rings. The molecular formula is C23H13F3N2OS. The van der Waals surface area contributed by atoms with E-state index in [4.69, 9.17) is 0 Å². The maximum Gasteiger partial charge on any atom is 0.416 e. The molecule has 0 fully saturated rings. The number of hydrogen-bond donors (Lipinski definition) is 1. The van der Waals surface area contributed by atoms with Crippen LogP contribution < -0.4 is 0 Å². The molecule has 0 bridgehead atoms. The number of thiazole rings is 1. The molecule has 1 N–H and O–H groups in total. The standard InChI is InChI=1S/C23H13F3N2OS/c24-23(25,26)17-10-11-20-19(12-17)28-22(30-20)18(13-27)21(29)16-8-6-15(7-9-16)14-4-2-1-3-5-14/h1-12,29H/b21-18-. The Hall–Kier alpha value is -3.63. The molecule has 0 saturated carbocycles. The Bertz CT molecular complexity index is 1280. The number of fused-ring (bicyclic) bond motifs is 1. The molecule has 0 radical (unpaired) electrons. The van der Waals surface area contributed by atoms with E-state index in [1.807, 2.05) is 48.5 Å². The molecular weight excluding hydrogens is 409 g/mol. The predicted molar refractivity (Wildman–Crippen MR) is 112 cm³/mol. The van der Waals surface area contributed by atoms with Crippen LogP contribution in [0.25, 0.3) is 32.7 Å². The summed E-state index contributed by atoms with van der Waals surface area (Å²) in [7, 11) is 0. The lowest BCUT2D eigenvalue weighted by molar-refractivity contribution is -0.137. The zero-order valence-corrected chi connectivity index (χ0v) is 16.1. The van der Waals surface area contributed by atoms with Crippen molar-refractivity contribution in [3.8, 4) is 17.2 Å². The Kier molecular flexibility index (Phi) is 5.02. The fourth-order valence-corrected chi connectivity index (χ4v) is 3.95. The average molecular weight is 422 g/mol. The van der Waals surface area contributed by atoms with Gasteiger partial charge in [0.05, 0.1) is 15.8 Å². The lowest BCUT2D eigenvalue weighted by Crippen LogP contribution is -2.03. The van der Waals surface area contributed by atoms with Crippen LogP contribution in [0.1, 0.15) is 16.1 Å². The number of nitrogens with zero attached hydrogens (tertiary/aromatic N) is 2. The summed E-state index contributed by atoms with van der Waals surface area (Å²) < 4.78 is 39.3. The largest absolute Gasteiger partial charge is 0.506 e.